The molecule has 0 N–H and O–H groups in total. The van der Waals surface area contributed by atoms with E-state index in [0.717, 1.165) is 0 Å². The molecule has 90 valence electrons. The zero-order chi connectivity index (χ0) is 11.5. The van der Waals surface area contributed by atoms with E-state index in [1.807, 2.05) is 0 Å². The lowest BCUT2D eigenvalue weighted by Crippen LogP contribution is -2.45. The van der Waals surface area contributed by atoms with Crippen molar-refractivity contribution in [2.24, 2.45) is 5.41 Å². The Balaban J connectivity index is 1.77. The van der Waals surface area contributed by atoms with E-state index in [0.29, 0.717) is 11.5 Å². The van der Waals surface area contributed by atoms with E-state index < -0.39 is 0 Å². The van der Waals surface area contributed by atoms with Gasteiger partial charge in [0.1, 0.15) is 0 Å². The molecule has 4 rings (SSSR count). The Morgan fingerprint density at radius 3 is 2.35 bits per heavy atom. The molecule has 1 saturated heterocycles. The summed E-state index contributed by atoms with van der Waals surface area (Å²) in [5.41, 5.74) is 2.06. The normalized spacial score (nSPS) is 32.9. The molecule has 1 unspecified atom stereocenters. The number of benzene rings is 1. The predicted octanol–water partition coefficient (Wildman–Crippen LogP) is 3.31. The van der Waals surface area contributed by atoms with Gasteiger partial charge in [0.25, 0.3) is 0 Å². The van der Waals surface area contributed by atoms with Crippen molar-refractivity contribution in [3.05, 3.63) is 35.9 Å². The van der Waals surface area contributed by atoms with Gasteiger partial charge >= 0.3 is 0 Å². The standard InChI is InChI=1S/C15H19NO/c1-16-13(12-6-3-2-4-7-12)14(10-11-14)15(17-16)8-5-9-15/h2-4,6-7,13H,5,8-11H2,1H3. The van der Waals surface area contributed by atoms with Gasteiger partial charge in [0.05, 0.1) is 11.6 Å². The molecule has 2 spiro atoms. The van der Waals surface area contributed by atoms with Gasteiger partial charge in [0, 0.05) is 12.5 Å². The van der Waals surface area contributed by atoms with Crippen LogP contribution in [0.3, 0.4) is 0 Å². The van der Waals surface area contributed by atoms with Gasteiger partial charge in [-0.3, -0.25) is 4.84 Å². The summed E-state index contributed by atoms with van der Waals surface area (Å²) in [6, 6.07) is 11.4. The Morgan fingerprint density at radius 2 is 1.82 bits per heavy atom. The van der Waals surface area contributed by atoms with Crippen LogP contribution < -0.4 is 0 Å². The third-order valence-corrected chi connectivity index (χ3v) is 5.18. The summed E-state index contributed by atoms with van der Waals surface area (Å²) >= 11 is 0. The van der Waals surface area contributed by atoms with Crippen molar-refractivity contribution in [3.8, 4) is 0 Å². The minimum absolute atomic E-state index is 0.197. The highest BCUT2D eigenvalue weighted by atomic mass is 16.7. The summed E-state index contributed by atoms with van der Waals surface area (Å²) in [5, 5.41) is 2.14. The molecular weight excluding hydrogens is 210 g/mol. The molecule has 0 radical (unpaired) electrons. The Bertz CT molecular complexity index is 433. The van der Waals surface area contributed by atoms with E-state index in [1.165, 1.54) is 37.7 Å². The molecule has 3 fully saturated rings. The fourth-order valence-electron chi connectivity index (χ4n) is 4.13. The van der Waals surface area contributed by atoms with Crippen molar-refractivity contribution in [3.63, 3.8) is 0 Å². The average Bonchev–Trinajstić information content (AvgIpc) is 3.01. The molecule has 1 heterocycles. The van der Waals surface area contributed by atoms with Gasteiger partial charge < -0.3 is 0 Å². The van der Waals surface area contributed by atoms with Crippen LogP contribution in [-0.2, 0) is 4.84 Å². The monoisotopic (exact) mass is 229 g/mol. The molecule has 0 amide bonds. The third kappa shape index (κ3) is 1.13. The van der Waals surface area contributed by atoms with E-state index in [1.54, 1.807) is 0 Å². The lowest BCUT2D eigenvalue weighted by atomic mass is 9.66. The third-order valence-electron chi connectivity index (χ3n) is 5.18. The minimum atomic E-state index is 0.197. The van der Waals surface area contributed by atoms with Gasteiger partial charge in [-0.25, -0.2) is 0 Å². The molecule has 17 heavy (non-hydrogen) atoms. The van der Waals surface area contributed by atoms with Crippen LogP contribution in [0.4, 0.5) is 0 Å². The molecule has 3 aliphatic rings. The van der Waals surface area contributed by atoms with Crippen LogP contribution in [0, 0.1) is 5.41 Å². The second-order valence-corrected chi connectivity index (χ2v) is 5.95. The van der Waals surface area contributed by atoms with Gasteiger partial charge in [-0.2, -0.15) is 5.06 Å². The van der Waals surface area contributed by atoms with Crippen molar-refractivity contribution in [1.82, 2.24) is 5.06 Å². The van der Waals surface area contributed by atoms with Crippen LogP contribution in [-0.4, -0.2) is 17.7 Å². The van der Waals surface area contributed by atoms with Crippen molar-refractivity contribution in [1.29, 1.82) is 0 Å². The summed E-state index contributed by atoms with van der Waals surface area (Å²) < 4.78 is 0. The molecule has 1 aliphatic heterocycles. The molecule has 2 heteroatoms. The number of nitrogens with zero attached hydrogens (tertiary/aromatic N) is 1. The number of hydrogen-bond donors (Lipinski definition) is 0. The molecule has 2 aliphatic carbocycles. The number of rotatable bonds is 1. The molecular formula is C15H19NO. The zero-order valence-corrected chi connectivity index (χ0v) is 10.4. The van der Waals surface area contributed by atoms with E-state index in [9.17, 15) is 0 Å². The van der Waals surface area contributed by atoms with E-state index in [2.05, 4.69) is 42.4 Å². The maximum atomic E-state index is 6.26. The molecule has 2 nitrogen and oxygen atoms in total. The van der Waals surface area contributed by atoms with Crippen molar-refractivity contribution in [2.75, 3.05) is 7.05 Å². The number of fused-ring (bicyclic) bond motifs is 1. The van der Waals surface area contributed by atoms with Crippen LogP contribution in [0.5, 0.6) is 0 Å². The Hall–Kier alpha value is -0.860. The van der Waals surface area contributed by atoms with E-state index >= 15 is 0 Å². The van der Waals surface area contributed by atoms with Crippen molar-refractivity contribution >= 4 is 0 Å². The zero-order valence-electron chi connectivity index (χ0n) is 10.4. The van der Waals surface area contributed by atoms with Crippen molar-refractivity contribution in [2.45, 2.75) is 43.7 Å². The Morgan fingerprint density at radius 1 is 1.12 bits per heavy atom. The minimum Gasteiger partial charge on any atom is -0.291 e. The molecule has 2 saturated carbocycles. The summed E-state index contributed by atoms with van der Waals surface area (Å²) in [7, 11) is 2.12. The molecule has 0 aromatic heterocycles. The lowest BCUT2D eigenvalue weighted by Gasteiger charge is -2.42. The average molecular weight is 229 g/mol. The van der Waals surface area contributed by atoms with Crippen LogP contribution in [0.2, 0.25) is 0 Å². The first-order valence-electron chi connectivity index (χ1n) is 6.74. The van der Waals surface area contributed by atoms with Crippen LogP contribution in [0.15, 0.2) is 30.3 Å². The van der Waals surface area contributed by atoms with Gasteiger partial charge in [0.15, 0.2) is 0 Å². The highest BCUT2D eigenvalue weighted by molar-refractivity contribution is 5.30. The smallest absolute Gasteiger partial charge is 0.0974 e. The summed E-state index contributed by atoms with van der Waals surface area (Å²) in [4.78, 5) is 6.26. The largest absolute Gasteiger partial charge is 0.291 e. The molecule has 1 atom stereocenters. The SMILES string of the molecule is CN1OC2(CCC2)C2(CC2)C1c1ccccc1. The molecule has 1 aromatic rings. The van der Waals surface area contributed by atoms with Gasteiger partial charge in [-0.05, 0) is 37.7 Å². The first-order chi connectivity index (χ1) is 8.28. The van der Waals surface area contributed by atoms with Crippen LogP contribution >= 0.6 is 0 Å². The fourth-order valence-corrected chi connectivity index (χ4v) is 4.13. The highest BCUT2D eigenvalue weighted by Crippen LogP contribution is 2.73. The first-order valence-corrected chi connectivity index (χ1v) is 6.74. The topological polar surface area (TPSA) is 12.5 Å². The molecule has 0 bridgehead atoms. The quantitative estimate of drug-likeness (QED) is 0.732. The summed E-state index contributed by atoms with van der Waals surface area (Å²) in [6.45, 7) is 0. The summed E-state index contributed by atoms with van der Waals surface area (Å²) in [5.74, 6) is 0. The molecule has 1 aromatic carbocycles. The Kier molecular flexibility index (Phi) is 1.85. The number of hydrogen-bond acceptors (Lipinski definition) is 2. The van der Waals surface area contributed by atoms with E-state index in [4.69, 9.17) is 4.84 Å². The lowest BCUT2D eigenvalue weighted by molar-refractivity contribution is -0.222. The van der Waals surface area contributed by atoms with E-state index in [-0.39, 0.29) is 5.60 Å². The van der Waals surface area contributed by atoms with Gasteiger partial charge in [-0.15, -0.1) is 0 Å². The summed E-state index contributed by atoms with van der Waals surface area (Å²) in [6.07, 6.45) is 6.56. The Labute approximate surface area is 103 Å². The maximum absolute atomic E-state index is 6.26. The highest BCUT2D eigenvalue weighted by Gasteiger charge is 2.72. The van der Waals surface area contributed by atoms with Gasteiger partial charge in [-0.1, -0.05) is 30.3 Å². The van der Waals surface area contributed by atoms with Gasteiger partial charge in [0.2, 0.25) is 0 Å². The van der Waals surface area contributed by atoms with Crippen LogP contribution in [0.1, 0.15) is 43.7 Å². The maximum Gasteiger partial charge on any atom is 0.0974 e. The number of hydroxylamine groups is 2. The second-order valence-electron chi connectivity index (χ2n) is 5.95. The predicted molar refractivity (Wildman–Crippen MR) is 66.3 cm³/mol. The van der Waals surface area contributed by atoms with Crippen molar-refractivity contribution < 1.29 is 4.84 Å². The first kappa shape index (κ1) is 10.1. The second kappa shape index (κ2) is 3.12. The van der Waals surface area contributed by atoms with Crippen LogP contribution in [0.25, 0.3) is 0 Å². The fraction of sp³-hybridized carbons (Fsp3) is 0.600.